The summed E-state index contributed by atoms with van der Waals surface area (Å²) in [5.41, 5.74) is -0.221. The molecule has 3 heterocycles. The molecule has 178 valence electrons. The minimum absolute atomic E-state index is 0.0392. The van der Waals surface area contributed by atoms with Gasteiger partial charge in [-0.05, 0) is 37.1 Å². The Kier molecular flexibility index (Phi) is 6.73. The molecular weight excluding hydrogens is 426 g/mol. The van der Waals surface area contributed by atoms with Crippen LogP contribution in [0.2, 0.25) is 0 Å². The van der Waals surface area contributed by atoms with Crippen molar-refractivity contribution in [3.63, 3.8) is 0 Å². The average Bonchev–Trinajstić information content (AvgIpc) is 2.99. The molecule has 0 saturated carbocycles. The predicted octanol–water partition coefficient (Wildman–Crippen LogP) is 1.26. The van der Waals surface area contributed by atoms with Crippen LogP contribution in [-0.2, 0) is 20.6 Å². The number of hydrogen-bond donors (Lipinski definition) is 1. The first-order chi connectivity index (χ1) is 15.9. The minimum atomic E-state index is -0.892. The van der Waals surface area contributed by atoms with Gasteiger partial charge >= 0.3 is 5.69 Å². The number of benzene rings is 1. The Balaban J connectivity index is 1.67. The van der Waals surface area contributed by atoms with E-state index in [9.17, 15) is 14.7 Å². The van der Waals surface area contributed by atoms with Crippen molar-refractivity contribution in [2.24, 2.45) is 14.1 Å². The Morgan fingerprint density at radius 3 is 2.27 bits per heavy atom. The van der Waals surface area contributed by atoms with E-state index in [0.29, 0.717) is 22.9 Å². The van der Waals surface area contributed by atoms with Gasteiger partial charge in [0.15, 0.2) is 11.2 Å². The van der Waals surface area contributed by atoms with Gasteiger partial charge in [0.1, 0.15) is 24.2 Å². The molecule has 4 rings (SSSR count). The van der Waals surface area contributed by atoms with E-state index in [2.05, 4.69) is 4.90 Å². The van der Waals surface area contributed by atoms with Crippen LogP contribution in [-0.4, -0.2) is 56.7 Å². The maximum absolute atomic E-state index is 13.1. The topological polar surface area (TPSA) is 104 Å². The molecule has 10 nitrogen and oxygen atoms in total. The number of hydrogen-bond acceptors (Lipinski definition) is 7. The Hall–Kier alpha value is -3.27. The van der Waals surface area contributed by atoms with Gasteiger partial charge in [0.25, 0.3) is 5.56 Å². The lowest BCUT2D eigenvalue weighted by Crippen LogP contribution is -2.38. The number of aliphatic hydroxyl groups is 1. The monoisotopic (exact) mass is 457 g/mol. The van der Waals surface area contributed by atoms with E-state index in [4.69, 9.17) is 14.5 Å². The SMILES string of the molecule is COc1ccc(OC[C@H](O)Cn2c(N3CCCCCC3)nc3c2c(=O)n(C)c(=O)n3C)cc1. The molecule has 0 aliphatic carbocycles. The van der Waals surface area contributed by atoms with Gasteiger partial charge in [0, 0.05) is 27.2 Å². The van der Waals surface area contributed by atoms with Crippen molar-refractivity contribution < 1.29 is 14.6 Å². The molecule has 0 amide bonds. The van der Waals surface area contributed by atoms with Crippen molar-refractivity contribution >= 4 is 17.1 Å². The first-order valence-electron chi connectivity index (χ1n) is 11.3. The van der Waals surface area contributed by atoms with E-state index in [-0.39, 0.29) is 13.2 Å². The number of aliphatic hydroxyl groups excluding tert-OH is 1. The zero-order chi connectivity index (χ0) is 23.5. The second-order valence-corrected chi connectivity index (χ2v) is 8.44. The molecule has 0 spiro atoms. The zero-order valence-electron chi connectivity index (χ0n) is 19.4. The Bertz CT molecular complexity index is 1220. The van der Waals surface area contributed by atoms with Crippen molar-refractivity contribution in [1.29, 1.82) is 0 Å². The number of aromatic nitrogens is 4. The summed E-state index contributed by atoms with van der Waals surface area (Å²) < 4.78 is 15.1. The molecule has 1 atom stereocenters. The summed E-state index contributed by atoms with van der Waals surface area (Å²) in [6.45, 7) is 1.79. The molecule has 1 saturated heterocycles. The van der Waals surface area contributed by atoms with Crippen LogP contribution in [0.4, 0.5) is 5.95 Å². The molecular formula is C23H31N5O5. The van der Waals surface area contributed by atoms with Crippen molar-refractivity contribution in [3.05, 3.63) is 45.1 Å². The minimum Gasteiger partial charge on any atom is -0.497 e. The molecule has 0 unspecified atom stereocenters. The van der Waals surface area contributed by atoms with E-state index in [1.807, 2.05) is 0 Å². The summed E-state index contributed by atoms with van der Waals surface area (Å²) in [6, 6.07) is 7.11. The van der Waals surface area contributed by atoms with E-state index >= 15 is 0 Å². The molecule has 0 radical (unpaired) electrons. The third kappa shape index (κ3) is 4.61. The molecule has 2 aromatic heterocycles. The molecule has 0 bridgehead atoms. The van der Waals surface area contributed by atoms with Gasteiger partial charge in [-0.1, -0.05) is 12.8 Å². The smallest absolute Gasteiger partial charge is 0.332 e. The number of nitrogens with zero attached hydrogens (tertiary/aromatic N) is 5. The summed E-state index contributed by atoms with van der Waals surface area (Å²) >= 11 is 0. The number of imidazole rings is 1. The number of fused-ring (bicyclic) bond motifs is 1. The fourth-order valence-electron chi connectivity index (χ4n) is 4.25. The Morgan fingerprint density at radius 1 is 1.00 bits per heavy atom. The summed E-state index contributed by atoms with van der Waals surface area (Å²) in [4.78, 5) is 32.4. The molecule has 33 heavy (non-hydrogen) atoms. The molecule has 1 aliphatic heterocycles. The quantitative estimate of drug-likeness (QED) is 0.570. The van der Waals surface area contributed by atoms with Crippen LogP contribution in [0.1, 0.15) is 25.7 Å². The highest BCUT2D eigenvalue weighted by atomic mass is 16.5. The molecule has 3 aromatic rings. The molecule has 10 heteroatoms. The number of rotatable bonds is 7. The summed E-state index contributed by atoms with van der Waals surface area (Å²) in [5, 5.41) is 10.8. The number of ether oxygens (including phenoxy) is 2. The lowest BCUT2D eigenvalue weighted by molar-refractivity contribution is 0.0936. The van der Waals surface area contributed by atoms with E-state index in [0.717, 1.165) is 49.1 Å². The third-order valence-corrected chi connectivity index (χ3v) is 6.11. The lowest BCUT2D eigenvalue weighted by atomic mass is 10.2. The van der Waals surface area contributed by atoms with Crippen molar-refractivity contribution in [2.75, 3.05) is 31.7 Å². The van der Waals surface area contributed by atoms with E-state index in [1.54, 1.807) is 43.0 Å². The van der Waals surface area contributed by atoms with Crippen LogP contribution in [0.25, 0.3) is 11.2 Å². The molecule has 1 N–H and O–H groups in total. The van der Waals surface area contributed by atoms with E-state index in [1.165, 1.54) is 11.6 Å². The van der Waals surface area contributed by atoms with Crippen molar-refractivity contribution in [1.82, 2.24) is 18.7 Å². The average molecular weight is 458 g/mol. The fraction of sp³-hybridized carbons (Fsp3) is 0.522. The molecule has 1 aromatic carbocycles. The fourth-order valence-corrected chi connectivity index (χ4v) is 4.25. The largest absolute Gasteiger partial charge is 0.497 e. The maximum Gasteiger partial charge on any atom is 0.332 e. The summed E-state index contributed by atoms with van der Waals surface area (Å²) in [7, 11) is 4.66. The van der Waals surface area contributed by atoms with Gasteiger partial charge < -0.3 is 24.0 Å². The molecule has 1 fully saturated rings. The zero-order valence-corrected chi connectivity index (χ0v) is 19.4. The van der Waals surface area contributed by atoms with Gasteiger partial charge in [-0.2, -0.15) is 4.98 Å². The third-order valence-electron chi connectivity index (χ3n) is 6.11. The highest BCUT2D eigenvalue weighted by Crippen LogP contribution is 2.24. The second-order valence-electron chi connectivity index (χ2n) is 8.44. The number of aryl methyl sites for hydroxylation is 1. The van der Waals surface area contributed by atoms with Crippen molar-refractivity contribution in [2.45, 2.75) is 38.3 Å². The van der Waals surface area contributed by atoms with Gasteiger partial charge in [-0.3, -0.25) is 13.9 Å². The van der Waals surface area contributed by atoms with Gasteiger partial charge in [0.2, 0.25) is 5.95 Å². The van der Waals surface area contributed by atoms with E-state index < -0.39 is 17.4 Å². The van der Waals surface area contributed by atoms with Gasteiger partial charge in [-0.25, -0.2) is 4.79 Å². The Labute approximate surface area is 191 Å². The van der Waals surface area contributed by atoms with Crippen LogP contribution in [0.5, 0.6) is 11.5 Å². The van der Waals surface area contributed by atoms with Crippen molar-refractivity contribution in [3.8, 4) is 11.5 Å². The number of methoxy groups -OCH3 is 1. The maximum atomic E-state index is 13.1. The second kappa shape index (κ2) is 9.70. The Morgan fingerprint density at radius 2 is 1.64 bits per heavy atom. The highest BCUT2D eigenvalue weighted by Gasteiger charge is 2.25. The standard InChI is InChI=1S/C23H31N5O5/c1-25-20-19(21(30)26(2)23(25)31)28(22(24-20)27-12-6-4-5-7-13-27)14-16(29)15-33-18-10-8-17(32-3)9-11-18/h8-11,16,29H,4-7,12-15H2,1-3H3/t16-/m1/s1. The van der Waals surface area contributed by atoms with Gasteiger partial charge in [0.05, 0.1) is 13.7 Å². The normalized spacial score (nSPS) is 15.5. The summed E-state index contributed by atoms with van der Waals surface area (Å²) in [6.07, 6.45) is 3.47. The first kappa shape index (κ1) is 22.9. The highest BCUT2D eigenvalue weighted by molar-refractivity contribution is 5.74. The number of anilines is 1. The molecule has 1 aliphatic rings. The first-order valence-corrected chi connectivity index (χ1v) is 11.3. The predicted molar refractivity (Wildman–Crippen MR) is 125 cm³/mol. The van der Waals surface area contributed by atoms with Crippen LogP contribution >= 0.6 is 0 Å². The van der Waals surface area contributed by atoms with Crippen LogP contribution in [0.15, 0.2) is 33.9 Å². The lowest BCUT2D eigenvalue weighted by Gasteiger charge is -2.23. The van der Waals surface area contributed by atoms with Gasteiger partial charge in [-0.15, -0.1) is 0 Å². The van der Waals surface area contributed by atoms with Crippen LogP contribution in [0, 0.1) is 0 Å². The van der Waals surface area contributed by atoms with Crippen LogP contribution < -0.4 is 25.6 Å². The summed E-state index contributed by atoms with van der Waals surface area (Å²) in [5.74, 6) is 1.93. The van der Waals surface area contributed by atoms with Crippen LogP contribution in [0.3, 0.4) is 0 Å².